The molecule has 0 saturated carbocycles. The Morgan fingerprint density at radius 1 is 0.622 bits per heavy atom. The van der Waals surface area contributed by atoms with Crippen molar-refractivity contribution in [2.45, 2.75) is 13.3 Å². The van der Waals surface area contributed by atoms with Crippen molar-refractivity contribution in [1.29, 1.82) is 0 Å². The third-order valence-electron chi connectivity index (χ3n) is 6.11. The molecule has 2 N–H and O–H groups in total. The van der Waals surface area contributed by atoms with Gasteiger partial charge in [-0.2, -0.15) is 0 Å². The number of rotatable bonds is 6. The van der Waals surface area contributed by atoms with Gasteiger partial charge < -0.3 is 14.8 Å². The molecule has 0 aromatic heterocycles. The third-order valence-corrected chi connectivity index (χ3v) is 6.11. The average Bonchev–Trinajstić information content (AvgIpc) is 2.90. The smallest absolute Gasteiger partial charge is 0.417 e. The Morgan fingerprint density at radius 3 is 1.49 bits per heavy atom. The molecule has 6 heteroatoms. The summed E-state index contributed by atoms with van der Waals surface area (Å²) in [6.07, 6.45) is 0.163. The second-order valence-corrected chi connectivity index (χ2v) is 8.72. The van der Waals surface area contributed by atoms with Gasteiger partial charge in [-0.05, 0) is 41.8 Å². The second-order valence-electron chi connectivity index (χ2n) is 8.72. The Balaban J connectivity index is 1.32. The molecule has 184 valence electrons. The molecular weight excluding hydrogens is 464 g/mol. The molecule has 0 atom stereocenters. The lowest BCUT2D eigenvalue weighted by molar-refractivity contribution is -0.114. The first-order valence-corrected chi connectivity index (χ1v) is 11.9. The van der Waals surface area contributed by atoms with Crippen LogP contribution in [0.5, 0.6) is 11.5 Å². The summed E-state index contributed by atoms with van der Waals surface area (Å²) in [5.74, 6) is 1.14. The van der Waals surface area contributed by atoms with Crippen molar-refractivity contribution in [1.82, 2.24) is 0 Å². The highest BCUT2D eigenvalue weighted by Crippen LogP contribution is 2.42. The van der Waals surface area contributed by atoms with E-state index in [-0.39, 0.29) is 5.91 Å². The topological polar surface area (TPSA) is 76.7 Å². The summed E-state index contributed by atoms with van der Waals surface area (Å²) in [4.78, 5) is 24.1. The number of amides is 2. The first kappa shape index (κ1) is 23.9. The van der Waals surface area contributed by atoms with Crippen molar-refractivity contribution in [3.05, 3.63) is 108 Å². The summed E-state index contributed by atoms with van der Waals surface area (Å²) < 4.78 is 11.6. The van der Waals surface area contributed by atoms with Gasteiger partial charge in [-0.3, -0.25) is 10.1 Å². The van der Waals surface area contributed by atoms with Crippen LogP contribution >= 0.6 is 0 Å². The number of methoxy groups -OCH3 is 1. The summed E-state index contributed by atoms with van der Waals surface area (Å²) in [7, 11) is 1.64. The van der Waals surface area contributed by atoms with E-state index < -0.39 is 6.09 Å². The summed E-state index contributed by atoms with van der Waals surface area (Å²) in [5.41, 5.74) is 3.62. The van der Waals surface area contributed by atoms with Crippen LogP contribution in [-0.2, 0) is 11.2 Å². The first-order chi connectivity index (χ1) is 18.0. The van der Waals surface area contributed by atoms with Crippen LogP contribution < -0.4 is 20.1 Å². The quantitative estimate of drug-likeness (QED) is 0.248. The van der Waals surface area contributed by atoms with Crippen molar-refractivity contribution in [2.75, 3.05) is 17.7 Å². The molecule has 0 unspecified atom stereocenters. The Hall–Kier alpha value is -4.84. The maximum Gasteiger partial charge on any atom is 0.417 e. The molecule has 5 aromatic rings. The van der Waals surface area contributed by atoms with E-state index in [1.54, 1.807) is 7.11 Å². The molecule has 0 heterocycles. The van der Waals surface area contributed by atoms with Crippen molar-refractivity contribution in [3.8, 4) is 11.5 Å². The number of carbonyl (C=O) groups excluding carboxylic acids is 2. The zero-order valence-corrected chi connectivity index (χ0v) is 20.6. The SMILES string of the molecule is COc1c2ccccc2c(OC(=O)Nc2ccc(Cc3ccc(NC(C)=O)cc3)cc2)c2ccccc12. The van der Waals surface area contributed by atoms with Crippen molar-refractivity contribution >= 4 is 44.9 Å². The van der Waals surface area contributed by atoms with E-state index in [9.17, 15) is 9.59 Å². The Morgan fingerprint density at radius 2 is 1.05 bits per heavy atom. The molecule has 0 aliphatic heterocycles. The number of hydrogen-bond acceptors (Lipinski definition) is 4. The van der Waals surface area contributed by atoms with Crippen molar-refractivity contribution in [3.63, 3.8) is 0 Å². The standard InChI is InChI=1S/C31H26N2O4/c1-20(34)32-23-15-11-21(12-16-23)19-22-13-17-24(18-14-22)33-31(35)37-30-27-9-5-3-7-25(27)29(36-2)26-8-4-6-10-28(26)30/h3-18H,19H2,1-2H3,(H,32,34)(H,33,35). The molecule has 0 radical (unpaired) electrons. The largest absolute Gasteiger partial charge is 0.495 e. The summed E-state index contributed by atoms with van der Waals surface area (Å²) >= 11 is 0. The van der Waals surface area contributed by atoms with Gasteiger partial charge >= 0.3 is 6.09 Å². The predicted octanol–water partition coefficient (Wildman–Crippen LogP) is 7.16. The van der Waals surface area contributed by atoms with Crippen LogP contribution in [0.15, 0.2) is 97.1 Å². The van der Waals surface area contributed by atoms with Crippen LogP contribution in [0, 0.1) is 0 Å². The molecule has 0 bridgehead atoms. The summed E-state index contributed by atoms with van der Waals surface area (Å²) in [6.45, 7) is 1.49. The highest BCUT2D eigenvalue weighted by Gasteiger charge is 2.17. The lowest BCUT2D eigenvalue weighted by atomic mass is 10.0. The van der Waals surface area contributed by atoms with Crippen LogP contribution in [-0.4, -0.2) is 19.1 Å². The van der Waals surface area contributed by atoms with Gasteiger partial charge in [0.25, 0.3) is 0 Å². The van der Waals surface area contributed by atoms with Gasteiger partial charge in [-0.15, -0.1) is 0 Å². The second kappa shape index (κ2) is 10.4. The van der Waals surface area contributed by atoms with Crippen LogP contribution in [0.1, 0.15) is 18.1 Å². The molecule has 5 rings (SSSR count). The lowest BCUT2D eigenvalue weighted by Gasteiger charge is -2.16. The van der Waals surface area contributed by atoms with Crippen molar-refractivity contribution < 1.29 is 19.1 Å². The van der Waals surface area contributed by atoms with Gasteiger partial charge in [0.2, 0.25) is 5.91 Å². The number of carbonyl (C=O) groups is 2. The molecule has 0 spiro atoms. The van der Waals surface area contributed by atoms with Gasteiger partial charge in [0.1, 0.15) is 11.5 Å². The number of nitrogens with one attached hydrogen (secondary N) is 2. The highest BCUT2D eigenvalue weighted by atomic mass is 16.6. The zero-order valence-electron chi connectivity index (χ0n) is 20.6. The Bertz CT molecular complexity index is 1540. The van der Waals surface area contributed by atoms with Crippen LogP contribution in [0.4, 0.5) is 16.2 Å². The van der Waals surface area contributed by atoms with E-state index in [1.165, 1.54) is 6.92 Å². The van der Waals surface area contributed by atoms with E-state index in [4.69, 9.17) is 9.47 Å². The van der Waals surface area contributed by atoms with Gasteiger partial charge in [-0.25, -0.2) is 4.79 Å². The minimum absolute atomic E-state index is 0.0947. The lowest BCUT2D eigenvalue weighted by Crippen LogP contribution is -2.17. The first-order valence-electron chi connectivity index (χ1n) is 11.9. The van der Waals surface area contributed by atoms with Crippen LogP contribution in [0.3, 0.4) is 0 Å². The molecule has 2 amide bonds. The van der Waals surface area contributed by atoms with E-state index in [1.807, 2.05) is 97.1 Å². The predicted molar refractivity (Wildman–Crippen MR) is 148 cm³/mol. The molecule has 6 nitrogen and oxygen atoms in total. The summed E-state index contributed by atoms with van der Waals surface area (Å²) in [5, 5.41) is 8.95. The number of benzene rings is 5. The minimum Gasteiger partial charge on any atom is -0.495 e. The number of anilines is 2. The molecular formula is C31H26N2O4. The van der Waals surface area contributed by atoms with E-state index >= 15 is 0 Å². The number of ether oxygens (including phenoxy) is 2. The molecule has 0 fully saturated rings. The minimum atomic E-state index is -0.568. The fourth-order valence-electron chi connectivity index (χ4n) is 4.47. The zero-order chi connectivity index (χ0) is 25.8. The van der Waals surface area contributed by atoms with Gasteiger partial charge in [0.05, 0.1) is 7.11 Å². The molecule has 5 aromatic carbocycles. The molecule has 0 saturated heterocycles. The fourth-order valence-corrected chi connectivity index (χ4v) is 4.47. The van der Waals surface area contributed by atoms with E-state index in [0.717, 1.165) is 50.5 Å². The van der Waals surface area contributed by atoms with Gasteiger partial charge in [-0.1, -0.05) is 72.8 Å². The normalized spacial score (nSPS) is 10.8. The maximum absolute atomic E-state index is 12.9. The number of fused-ring (bicyclic) bond motifs is 2. The molecule has 0 aliphatic rings. The van der Waals surface area contributed by atoms with Gasteiger partial charge in [0, 0.05) is 39.8 Å². The van der Waals surface area contributed by atoms with Crippen molar-refractivity contribution in [2.24, 2.45) is 0 Å². The van der Waals surface area contributed by atoms with E-state index in [0.29, 0.717) is 11.4 Å². The molecule has 0 aliphatic carbocycles. The van der Waals surface area contributed by atoms with Crippen LogP contribution in [0.25, 0.3) is 21.5 Å². The summed E-state index contributed by atoms with van der Waals surface area (Å²) in [6, 6.07) is 30.8. The molecule has 37 heavy (non-hydrogen) atoms. The van der Waals surface area contributed by atoms with Gasteiger partial charge in [0.15, 0.2) is 0 Å². The average molecular weight is 491 g/mol. The Kier molecular flexibility index (Phi) is 6.72. The third kappa shape index (κ3) is 5.23. The Labute approximate surface area is 214 Å². The monoisotopic (exact) mass is 490 g/mol. The maximum atomic E-state index is 12.9. The number of hydrogen-bond donors (Lipinski definition) is 2. The highest BCUT2D eigenvalue weighted by molar-refractivity contribution is 6.12. The van der Waals surface area contributed by atoms with Crippen LogP contribution in [0.2, 0.25) is 0 Å². The van der Waals surface area contributed by atoms with E-state index in [2.05, 4.69) is 10.6 Å². The fraction of sp³-hybridized carbons (Fsp3) is 0.0968.